The van der Waals surface area contributed by atoms with Gasteiger partial charge in [0.2, 0.25) is 6.79 Å². The second-order valence-electron chi connectivity index (χ2n) is 5.71. The molecule has 1 unspecified atom stereocenters. The van der Waals surface area contributed by atoms with Gasteiger partial charge in [-0.3, -0.25) is 4.79 Å². The third kappa shape index (κ3) is 3.21. The molecule has 1 aliphatic rings. The summed E-state index contributed by atoms with van der Waals surface area (Å²) in [4.78, 5) is 16.9. The lowest BCUT2D eigenvalue weighted by molar-refractivity contribution is 0.0935. The third-order valence-corrected chi connectivity index (χ3v) is 4.89. The molecular formula is C19H16N2O3S. The summed E-state index contributed by atoms with van der Waals surface area (Å²) in [5.74, 6) is 1.25. The highest BCUT2D eigenvalue weighted by Gasteiger charge is 2.18. The topological polar surface area (TPSA) is 60.5 Å². The summed E-state index contributed by atoms with van der Waals surface area (Å²) in [6.07, 6.45) is 0. The molecule has 0 aliphatic carbocycles. The van der Waals surface area contributed by atoms with E-state index in [1.807, 2.05) is 55.5 Å². The van der Waals surface area contributed by atoms with E-state index in [2.05, 4.69) is 10.3 Å². The van der Waals surface area contributed by atoms with Crippen LogP contribution in [0, 0.1) is 0 Å². The molecule has 0 saturated carbocycles. The molecule has 0 spiro atoms. The lowest BCUT2D eigenvalue weighted by Gasteiger charge is -2.14. The number of benzene rings is 2. The molecule has 5 nitrogen and oxygen atoms in total. The lowest BCUT2D eigenvalue weighted by Crippen LogP contribution is -2.26. The second kappa shape index (κ2) is 6.57. The third-order valence-electron chi connectivity index (χ3n) is 4.00. The van der Waals surface area contributed by atoms with E-state index in [-0.39, 0.29) is 18.7 Å². The average Bonchev–Trinajstić information content (AvgIpc) is 3.31. The van der Waals surface area contributed by atoms with E-state index < -0.39 is 0 Å². The molecule has 4 rings (SSSR count). The number of aromatic nitrogens is 1. The molecule has 6 heteroatoms. The van der Waals surface area contributed by atoms with Crippen LogP contribution < -0.4 is 14.8 Å². The number of nitrogens with one attached hydrogen (secondary N) is 1. The first kappa shape index (κ1) is 15.7. The van der Waals surface area contributed by atoms with Crippen LogP contribution in [0.4, 0.5) is 0 Å². The zero-order chi connectivity index (χ0) is 17.2. The van der Waals surface area contributed by atoms with Crippen molar-refractivity contribution in [2.75, 3.05) is 6.79 Å². The van der Waals surface area contributed by atoms with Crippen LogP contribution in [0.3, 0.4) is 0 Å². The first-order chi connectivity index (χ1) is 12.2. The molecule has 2 aromatic carbocycles. The fourth-order valence-corrected chi connectivity index (χ4v) is 3.43. The van der Waals surface area contributed by atoms with E-state index >= 15 is 0 Å². The number of carbonyl (C=O) groups excluding carboxylic acids is 1. The number of hydrogen-bond acceptors (Lipinski definition) is 5. The Morgan fingerprint density at radius 3 is 2.80 bits per heavy atom. The average molecular weight is 352 g/mol. The fraction of sp³-hybridized carbons (Fsp3) is 0.158. The predicted octanol–water partition coefficient (Wildman–Crippen LogP) is 4.03. The van der Waals surface area contributed by atoms with Crippen LogP contribution in [0.1, 0.15) is 29.0 Å². The van der Waals surface area contributed by atoms with Gasteiger partial charge in [-0.2, -0.15) is 0 Å². The Balaban J connectivity index is 1.47. The highest BCUT2D eigenvalue weighted by atomic mass is 32.1. The summed E-state index contributed by atoms with van der Waals surface area (Å²) in [6.45, 7) is 2.17. The van der Waals surface area contributed by atoms with Crippen molar-refractivity contribution in [2.45, 2.75) is 13.0 Å². The number of thiazole rings is 1. The molecule has 126 valence electrons. The summed E-state index contributed by atoms with van der Waals surface area (Å²) in [5, 5.41) is 5.59. The zero-order valence-electron chi connectivity index (χ0n) is 13.6. The maximum atomic E-state index is 12.5. The molecule has 3 aromatic rings. The number of hydrogen-bond donors (Lipinski definition) is 1. The first-order valence-electron chi connectivity index (χ1n) is 7.92. The van der Waals surface area contributed by atoms with Crippen molar-refractivity contribution in [1.82, 2.24) is 10.3 Å². The summed E-state index contributed by atoms with van der Waals surface area (Å²) in [7, 11) is 0. The summed E-state index contributed by atoms with van der Waals surface area (Å²) in [6, 6.07) is 15.3. The Kier molecular flexibility index (Phi) is 4.11. The summed E-state index contributed by atoms with van der Waals surface area (Å²) in [5.41, 5.74) is 2.39. The molecule has 2 heterocycles. The van der Waals surface area contributed by atoms with Gasteiger partial charge in [0.1, 0.15) is 10.7 Å². The number of nitrogens with zero attached hydrogens (tertiary/aromatic N) is 1. The molecule has 0 radical (unpaired) electrons. The van der Waals surface area contributed by atoms with Gasteiger partial charge in [0.25, 0.3) is 5.91 Å². The Hall–Kier alpha value is -2.86. The molecule has 1 aliphatic heterocycles. The number of carbonyl (C=O) groups is 1. The molecular weight excluding hydrogens is 336 g/mol. The van der Waals surface area contributed by atoms with Crippen molar-refractivity contribution in [1.29, 1.82) is 0 Å². The molecule has 0 bridgehead atoms. The van der Waals surface area contributed by atoms with Crippen LogP contribution in [0.5, 0.6) is 11.5 Å². The van der Waals surface area contributed by atoms with Gasteiger partial charge in [0.15, 0.2) is 11.5 Å². The van der Waals surface area contributed by atoms with Gasteiger partial charge < -0.3 is 14.8 Å². The van der Waals surface area contributed by atoms with E-state index in [1.54, 1.807) is 5.38 Å². The van der Waals surface area contributed by atoms with Gasteiger partial charge in [-0.25, -0.2) is 4.98 Å². The molecule has 1 amide bonds. The molecule has 0 fully saturated rings. The van der Waals surface area contributed by atoms with E-state index in [4.69, 9.17) is 9.47 Å². The minimum absolute atomic E-state index is 0.163. The quantitative estimate of drug-likeness (QED) is 0.770. The van der Waals surface area contributed by atoms with E-state index in [9.17, 15) is 4.79 Å². The Labute approximate surface area is 149 Å². The van der Waals surface area contributed by atoms with Gasteiger partial charge in [-0.05, 0) is 24.6 Å². The van der Waals surface area contributed by atoms with Crippen LogP contribution in [-0.4, -0.2) is 17.7 Å². The fourth-order valence-electron chi connectivity index (χ4n) is 2.63. The van der Waals surface area contributed by atoms with E-state index in [0.717, 1.165) is 21.9 Å². The first-order valence-corrected chi connectivity index (χ1v) is 8.80. The molecule has 1 aromatic heterocycles. The van der Waals surface area contributed by atoms with Crippen molar-refractivity contribution < 1.29 is 14.3 Å². The van der Waals surface area contributed by atoms with Crippen LogP contribution in [0.2, 0.25) is 0 Å². The molecule has 0 saturated heterocycles. The van der Waals surface area contributed by atoms with Crippen molar-refractivity contribution >= 4 is 17.2 Å². The SMILES string of the molecule is CC(NC(=O)c1csc(-c2ccccc2)n1)c1ccc2c(c1)OCO2. The van der Waals surface area contributed by atoms with Crippen molar-refractivity contribution in [3.05, 3.63) is 65.2 Å². The van der Waals surface area contributed by atoms with E-state index in [1.165, 1.54) is 11.3 Å². The Morgan fingerprint density at radius 1 is 1.16 bits per heavy atom. The monoisotopic (exact) mass is 352 g/mol. The predicted molar refractivity (Wildman–Crippen MR) is 96.0 cm³/mol. The lowest BCUT2D eigenvalue weighted by atomic mass is 10.1. The zero-order valence-corrected chi connectivity index (χ0v) is 14.4. The van der Waals surface area contributed by atoms with E-state index in [0.29, 0.717) is 11.4 Å². The van der Waals surface area contributed by atoms with Crippen LogP contribution in [0.15, 0.2) is 53.9 Å². The molecule has 25 heavy (non-hydrogen) atoms. The van der Waals surface area contributed by atoms with Gasteiger partial charge in [0.05, 0.1) is 6.04 Å². The van der Waals surface area contributed by atoms with Gasteiger partial charge in [-0.1, -0.05) is 36.4 Å². The maximum absolute atomic E-state index is 12.5. The van der Waals surface area contributed by atoms with Gasteiger partial charge in [0, 0.05) is 10.9 Å². The van der Waals surface area contributed by atoms with Crippen LogP contribution in [-0.2, 0) is 0 Å². The van der Waals surface area contributed by atoms with Gasteiger partial charge >= 0.3 is 0 Å². The normalized spacial score (nSPS) is 13.5. The van der Waals surface area contributed by atoms with Crippen molar-refractivity contribution in [3.63, 3.8) is 0 Å². The van der Waals surface area contributed by atoms with Crippen LogP contribution >= 0.6 is 11.3 Å². The second-order valence-corrected chi connectivity index (χ2v) is 6.57. The van der Waals surface area contributed by atoms with Gasteiger partial charge in [-0.15, -0.1) is 11.3 Å². The highest BCUT2D eigenvalue weighted by Crippen LogP contribution is 2.34. The number of amides is 1. The smallest absolute Gasteiger partial charge is 0.271 e. The summed E-state index contributed by atoms with van der Waals surface area (Å²) < 4.78 is 10.7. The van der Waals surface area contributed by atoms with Crippen LogP contribution in [0.25, 0.3) is 10.6 Å². The Bertz CT molecular complexity index is 908. The summed E-state index contributed by atoms with van der Waals surface area (Å²) >= 11 is 1.46. The number of rotatable bonds is 4. The standard InChI is InChI=1S/C19H16N2O3S/c1-12(14-7-8-16-17(9-14)24-11-23-16)20-18(22)15-10-25-19(21-15)13-5-3-2-4-6-13/h2-10,12H,11H2,1H3,(H,20,22). The Morgan fingerprint density at radius 2 is 1.96 bits per heavy atom. The highest BCUT2D eigenvalue weighted by molar-refractivity contribution is 7.13. The maximum Gasteiger partial charge on any atom is 0.271 e. The minimum Gasteiger partial charge on any atom is -0.454 e. The minimum atomic E-state index is -0.191. The molecule has 1 N–H and O–H groups in total. The number of fused-ring (bicyclic) bond motifs is 1. The molecule has 1 atom stereocenters. The van der Waals surface area contributed by atoms with Crippen molar-refractivity contribution in [3.8, 4) is 22.1 Å². The largest absolute Gasteiger partial charge is 0.454 e. The van der Waals surface area contributed by atoms with Crippen molar-refractivity contribution in [2.24, 2.45) is 0 Å². The number of ether oxygens (including phenoxy) is 2.